The summed E-state index contributed by atoms with van der Waals surface area (Å²) in [4.78, 5) is 11.6. The van der Waals surface area contributed by atoms with Crippen LogP contribution in [0.4, 0.5) is 5.69 Å². The number of hydrogen-bond acceptors (Lipinski definition) is 3. The number of benzene rings is 1. The Kier molecular flexibility index (Phi) is 4.61. The molecule has 0 heterocycles. The molecule has 82 valence electrons. The highest BCUT2D eigenvalue weighted by Crippen LogP contribution is 2.07. The molecule has 0 aromatic heterocycles. The van der Waals surface area contributed by atoms with Crippen molar-refractivity contribution in [3.8, 4) is 6.07 Å². The van der Waals surface area contributed by atoms with Gasteiger partial charge in [0.05, 0.1) is 6.61 Å². The van der Waals surface area contributed by atoms with E-state index >= 15 is 0 Å². The molecule has 0 saturated carbocycles. The first kappa shape index (κ1) is 11.8. The highest BCUT2D eigenvalue weighted by molar-refractivity contribution is 6.06. The van der Waals surface area contributed by atoms with Gasteiger partial charge >= 0.3 is 0 Å². The lowest BCUT2D eigenvalue weighted by atomic mass is 10.2. The van der Waals surface area contributed by atoms with E-state index in [2.05, 4.69) is 5.32 Å². The van der Waals surface area contributed by atoms with Gasteiger partial charge in [-0.25, -0.2) is 0 Å². The molecule has 16 heavy (non-hydrogen) atoms. The quantitative estimate of drug-likeness (QED) is 0.476. The van der Waals surface area contributed by atoms with E-state index in [4.69, 9.17) is 10.00 Å². The smallest absolute Gasteiger partial charge is 0.269 e. The molecule has 1 amide bonds. The summed E-state index contributed by atoms with van der Waals surface area (Å²) in [5.41, 5.74) is 0.593. The maximum atomic E-state index is 11.6. The van der Waals surface area contributed by atoms with Crippen molar-refractivity contribution >= 4 is 11.6 Å². The van der Waals surface area contributed by atoms with Crippen LogP contribution in [0.1, 0.15) is 6.92 Å². The molecule has 0 spiro atoms. The van der Waals surface area contributed by atoms with Crippen molar-refractivity contribution in [2.24, 2.45) is 0 Å². The molecule has 0 unspecified atom stereocenters. The molecule has 0 saturated heterocycles. The molecule has 4 heteroatoms. The van der Waals surface area contributed by atoms with Crippen LogP contribution in [-0.2, 0) is 9.53 Å². The molecule has 1 rings (SSSR count). The lowest BCUT2D eigenvalue weighted by molar-refractivity contribution is -0.112. The Balaban J connectivity index is 2.68. The molecule has 0 radical (unpaired) electrons. The number of nitrogens with zero attached hydrogens (tertiary/aromatic N) is 1. The monoisotopic (exact) mass is 216 g/mol. The second kappa shape index (κ2) is 6.25. The molecular weight excluding hydrogens is 204 g/mol. The van der Waals surface area contributed by atoms with Crippen LogP contribution in [0.25, 0.3) is 0 Å². The summed E-state index contributed by atoms with van der Waals surface area (Å²) in [5.74, 6) is -0.470. The lowest BCUT2D eigenvalue weighted by Gasteiger charge is -2.03. The SMILES string of the molecule is CCOC=C(C#N)C(=O)Nc1ccccc1. The number of hydrogen-bond donors (Lipinski definition) is 1. The fourth-order valence-electron chi connectivity index (χ4n) is 1.02. The molecular formula is C12H12N2O2. The van der Waals surface area contributed by atoms with Gasteiger partial charge in [0.15, 0.2) is 5.57 Å². The Morgan fingerprint density at radius 2 is 2.19 bits per heavy atom. The number of para-hydroxylation sites is 1. The fraction of sp³-hybridized carbons (Fsp3) is 0.167. The molecule has 0 aliphatic carbocycles. The number of nitrogens with one attached hydrogen (secondary N) is 1. The zero-order chi connectivity index (χ0) is 11.8. The van der Waals surface area contributed by atoms with E-state index in [1.165, 1.54) is 0 Å². The number of anilines is 1. The van der Waals surface area contributed by atoms with Gasteiger partial charge in [0.2, 0.25) is 0 Å². The first-order valence-corrected chi connectivity index (χ1v) is 4.86. The van der Waals surface area contributed by atoms with E-state index in [0.29, 0.717) is 12.3 Å². The Morgan fingerprint density at radius 3 is 2.75 bits per heavy atom. The number of nitriles is 1. The second-order valence-electron chi connectivity index (χ2n) is 2.92. The Labute approximate surface area is 94.1 Å². The molecule has 0 aliphatic heterocycles. The number of rotatable bonds is 4. The largest absolute Gasteiger partial charge is 0.500 e. The van der Waals surface area contributed by atoms with E-state index in [-0.39, 0.29) is 5.57 Å². The van der Waals surface area contributed by atoms with Crippen molar-refractivity contribution in [3.05, 3.63) is 42.2 Å². The number of amides is 1. The van der Waals surface area contributed by atoms with Crippen LogP contribution >= 0.6 is 0 Å². The van der Waals surface area contributed by atoms with Crippen LogP contribution in [0, 0.1) is 11.3 Å². The van der Waals surface area contributed by atoms with Crippen LogP contribution in [-0.4, -0.2) is 12.5 Å². The minimum absolute atomic E-state index is 0.0503. The van der Waals surface area contributed by atoms with Crippen molar-refractivity contribution in [1.82, 2.24) is 0 Å². The van der Waals surface area contributed by atoms with Crippen molar-refractivity contribution < 1.29 is 9.53 Å². The molecule has 0 aliphatic rings. The third kappa shape index (κ3) is 3.46. The Hall–Kier alpha value is -2.28. The topological polar surface area (TPSA) is 62.1 Å². The Bertz CT molecular complexity index is 418. The lowest BCUT2D eigenvalue weighted by Crippen LogP contribution is -2.13. The summed E-state index contributed by atoms with van der Waals surface area (Å²) in [6.07, 6.45) is 1.16. The summed E-state index contributed by atoms with van der Waals surface area (Å²) in [5, 5.41) is 11.3. The molecule has 1 aromatic carbocycles. The van der Waals surface area contributed by atoms with Crippen molar-refractivity contribution in [3.63, 3.8) is 0 Å². The third-order valence-electron chi connectivity index (χ3n) is 1.76. The van der Waals surface area contributed by atoms with Crippen molar-refractivity contribution in [1.29, 1.82) is 5.26 Å². The van der Waals surface area contributed by atoms with Crippen LogP contribution in [0.5, 0.6) is 0 Å². The first-order valence-electron chi connectivity index (χ1n) is 4.86. The average molecular weight is 216 g/mol. The average Bonchev–Trinajstić information content (AvgIpc) is 2.31. The number of ether oxygens (including phenoxy) is 1. The summed E-state index contributed by atoms with van der Waals surface area (Å²) >= 11 is 0. The van der Waals surface area contributed by atoms with Crippen LogP contribution < -0.4 is 5.32 Å². The first-order chi connectivity index (χ1) is 7.77. The molecule has 1 N–H and O–H groups in total. The van der Waals surface area contributed by atoms with Gasteiger partial charge in [0, 0.05) is 5.69 Å². The maximum absolute atomic E-state index is 11.6. The molecule has 0 atom stereocenters. The second-order valence-corrected chi connectivity index (χ2v) is 2.92. The highest BCUT2D eigenvalue weighted by atomic mass is 16.5. The normalized spacial score (nSPS) is 10.4. The van der Waals surface area contributed by atoms with E-state index in [0.717, 1.165) is 6.26 Å². The van der Waals surface area contributed by atoms with Gasteiger partial charge in [-0.2, -0.15) is 5.26 Å². The van der Waals surface area contributed by atoms with Crippen molar-refractivity contribution in [2.75, 3.05) is 11.9 Å². The number of carbonyl (C=O) groups is 1. The maximum Gasteiger partial charge on any atom is 0.269 e. The predicted octanol–water partition coefficient (Wildman–Crippen LogP) is 2.07. The highest BCUT2D eigenvalue weighted by Gasteiger charge is 2.08. The van der Waals surface area contributed by atoms with Gasteiger partial charge in [-0.1, -0.05) is 18.2 Å². The molecule has 1 aromatic rings. The van der Waals surface area contributed by atoms with Gasteiger partial charge in [-0.05, 0) is 19.1 Å². The minimum atomic E-state index is -0.470. The van der Waals surface area contributed by atoms with Crippen LogP contribution in [0.15, 0.2) is 42.2 Å². The molecule has 0 bridgehead atoms. The zero-order valence-electron chi connectivity index (χ0n) is 8.93. The standard InChI is InChI=1S/C12H12N2O2/c1-2-16-9-10(8-13)12(15)14-11-6-4-3-5-7-11/h3-7,9H,2H2,1H3,(H,14,15). The van der Waals surface area contributed by atoms with Gasteiger partial charge in [-0.3, -0.25) is 4.79 Å². The van der Waals surface area contributed by atoms with Gasteiger partial charge in [-0.15, -0.1) is 0 Å². The van der Waals surface area contributed by atoms with Gasteiger partial charge < -0.3 is 10.1 Å². The van der Waals surface area contributed by atoms with Crippen molar-refractivity contribution in [2.45, 2.75) is 6.92 Å². The van der Waals surface area contributed by atoms with Crippen LogP contribution in [0.2, 0.25) is 0 Å². The van der Waals surface area contributed by atoms with Gasteiger partial charge in [0.25, 0.3) is 5.91 Å². The molecule has 0 fully saturated rings. The van der Waals surface area contributed by atoms with E-state index < -0.39 is 5.91 Å². The summed E-state index contributed by atoms with van der Waals surface area (Å²) < 4.78 is 4.90. The molecule has 4 nitrogen and oxygen atoms in total. The van der Waals surface area contributed by atoms with Gasteiger partial charge in [0.1, 0.15) is 12.3 Å². The number of carbonyl (C=O) groups excluding carboxylic acids is 1. The Morgan fingerprint density at radius 1 is 1.50 bits per heavy atom. The van der Waals surface area contributed by atoms with Crippen LogP contribution in [0.3, 0.4) is 0 Å². The van der Waals surface area contributed by atoms with E-state index in [1.54, 1.807) is 37.3 Å². The summed E-state index contributed by atoms with van der Waals surface area (Å²) in [6, 6.07) is 10.7. The van der Waals surface area contributed by atoms with E-state index in [9.17, 15) is 4.79 Å². The van der Waals surface area contributed by atoms with E-state index in [1.807, 2.05) is 6.07 Å². The fourth-order valence-corrected chi connectivity index (χ4v) is 1.02. The zero-order valence-corrected chi connectivity index (χ0v) is 8.93. The predicted molar refractivity (Wildman–Crippen MR) is 60.4 cm³/mol. The minimum Gasteiger partial charge on any atom is -0.500 e. The summed E-state index contributed by atoms with van der Waals surface area (Å²) in [7, 11) is 0. The summed E-state index contributed by atoms with van der Waals surface area (Å²) in [6.45, 7) is 2.20. The third-order valence-corrected chi connectivity index (χ3v) is 1.76.